The Hall–Kier alpha value is -7.72. The molecule has 0 aliphatic heterocycles. The molecule has 0 aliphatic carbocycles. The number of carbonyl (C=O) groups excluding carboxylic acids is 4. The van der Waals surface area contributed by atoms with Gasteiger partial charge in [0.15, 0.2) is 0 Å². The molecule has 10 nitrogen and oxygen atoms in total. The molecule has 10 heteroatoms. The van der Waals surface area contributed by atoms with E-state index in [1.54, 1.807) is 66.7 Å². The van der Waals surface area contributed by atoms with E-state index in [1.165, 1.54) is 0 Å². The molecule has 7 aromatic carbocycles. The minimum atomic E-state index is -0.804. The first-order chi connectivity index (χ1) is 30.1. The number of fused-ring (bicyclic) bond motifs is 3. The van der Waals surface area contributed by atoms with Gasteiger partial charge in [0.05, 0.1) is 11.1 Å². The van der Waals surface area contributed by atoms with Crippen molar-refractivity contribution in [2.24, 2.45) is 0 Å². The molecule has 0 saturated carbocycles. The molecule has 0 aromatic heterocycles. The van der Waals surface area contributed by atoms with Gasteiger partial charge in [0.2, 0.25) is 12.6 Å². The summed E-state index contributed by atoms with van der Waals surface area (Å²) in [5.74, 6) is -0.205. The Bertz CT molecular complexity index is 2810. The molecule has 0 heterocycles. The fourth-order valence-electron chi connectivity index (χ4n) is 6.78. The van der Waals surface area contributed by atoms with Crippen molar-refractivity contribution in [3.8, 4) is 34.1 Å². The molecule has 0 aliphatic rings. The van der Waals surface area contributed by atoms with Gasteiger partial charge in [0.25, 0.3) is 0 Å². The number of rotatable bonds is 17. The largest absolute Gasteiger partial charge is 0.455 e. The molecule has 7 rings (SSSR count). The van der Waals surface area contributed by atoms with Crippen LogP contribution in [-0.4, -0.2) is 36.5 Å². The van der Waals surface area contributed by atoms with Crippen molar-refractivity contribution >= 4 is 56.2 Å². The van der Waals surface area contributed by atoms with Gasteiger partial charge >= 0.3 is 23.9 Å². The van der Waals surface area contributed by atoms with Crippen molar-refractivity contribution < 1.29 is 47.6 Å². The van der Waals surface area contributed by atoms with E-state index in [0.29, 0.717) is 47.0 Å². The molecule has 312 valence electrons. The van der Waals surface area contributed by atoms with Crippen LogP contribution in [0.15, 0.2) is 159 Å². The monoisotopic (exact) mass is 828 g/mol. The second-order valence-corrected chi connectivity index (χ2v) is 14.4. The maximum atomic E-state index is 13.4. The van der Waals surface area contributed by atoms with Crippen LogP contribution in [0.5, 0.6) is 23.0 Å². The van der Waals surface area contributed by atoms with E-state index in [9.17, 15) is 19.2 Å². The number of benzene rings is 7. The zero-order chi connectivity index (χ0) is 43.6. The van der Waals surface area contributed by atoms with Gasteiger partial charge in [-0.3, -0.25) is 0 Å². The summed E-state index contributed by atoms with van der Waals surface area (Å²) in [6, 6.07) is 40.1. The molecule has 0 radical (unpaired) electrons. The first-order valence-corrected chi connectivity index (χ1v) is 20.3. The molecule has 0 saturated heterocycles. The molecule has 2 atom stereocenters. The number of hydrogen-bond donors (Lipinski definition) is 0. The summed E-state index contributed by atoms with van der Waals surface area (Å²) in [5, 5.41) is 5.18. The van der Waals surface area contributed by atoms with Crippen LogP contribution < -0.4 is 18.9 Å². The minimum absolute atomic E-state index is 0.382. The lowest BCUT2D eigenvalue weighted by molar-refractivity contribution is -0.158. The Labute approximate surface area is 358 Å². The van der Waals surface area contributed by atoms with Gasteiger partial charge in [-0.2, -0.15) is 0 Å². The van der Waals surface area contributed by atoms with Crippen molar-refractivity contribution in [3.05, 3.63) is 170 Å². The summed E-state index contributed by atoms with van der Waals surface area (Å²) in [6.07, 6.45) is 3.18. The predicted octanol–water partition coefficient (Wildman–Crippen LogP) is 11.7. The molecule has 0 bridgehead atoms. The highest BCUT2D eigenvalue weighted by Crippen LogP contribution is 2.31. The molecule has 62 heavy (non-hydrogen) atoms. The summed E-state index contributed by atoms with van der Waals surface area (Å²) < 4.78 is 34.2. The SMILES string of the molecule is C=CC(=O)Oc1ccc2cc(C(=O)Oc3ccc(-c4ccc5cc(OC(CCC)OC(=O)c6ccc7cc(OC(CCC)OC(=O)C=C)ccc7c6)ccc5c4)cc3)ccc2c1. The Morgan fingerprint density at radius 3 is 1.45 bits per heavy atom. The van der Waals surface area contributed by atoms with Gasteiger partial charge in [0.1, 0.15) is 23.0 Å². The highest BCUT2D eigenvalue weighted by molar-refractivity contribution is 5.98. The van der Waals surface area contributed by atoms with Gasteiger partial charge in [-0.15, -0.1) is 0 Å². The summed E-state index contributed by atoms with van der Waals surface area (Å²) in [5.41, 5.74) is 2.68. The highest BCUT2D eigenvalue weighted by Gasteiger charge is 2.19. The lowest BCUT2D eigenvalue weighted by atomic mass is 10.0. The third-order valence-corrected chi connectivity index (χ3v) is 9.93. The Kier molecular flexibility index (Phi) is 13.4. The lowest BCUT2D eigenvalue weighted by Crippen LogP contribution is -2.24. The van der Waals surface area contributed by atoms with Gasteiger partial charge in [-0.1, -0.05) is 81.6 Å². The van der Waals surface area contributed by atoms with Crippen molar-refractivity contribution in [2.45, 2.75) is 52.1 Å². The van der Waals surface area contributed by atoms with Crippen molar-refractivity contribution in [3.63, 3.8) is 0 Å². The first kappa shape index (κ1) is 42.4. The third-order valence-electron chi connectivity index (χ3n) is 9.93. The Morgan fingerprint density at radius 2 is 0.887 bits per heavy atom. The molecule has 0 N–H and O–H groups in total. The van der Waals surface area contributed by atoms with Gasteiger partial charge < -0.3 is 28.4 Å². The molecule has 0 spiro atoms. The fraction of sp³-hybridized carbons (Fsp3) is 0.154. The molecule has 7 aromatic rings. The minimum Gasteiger partial charge on any atom is -0.455 e. The first-order valence-electron chi connectivity index (χ1n) is 20.3. The van der Waals surface area contributed by atoms with E-state index in [2.05, 4.69) is 19.2 Å². The average molecular weight is 829 g/mol. The summed E-state index contributed by atoms with van der Waals surface area (Å²) >= 11 is 0. The van der Waals surface area contributed by atoms with Gasteiger partial charge in [-0.05, 0) is 135 Å². The van der Waals surface area contributed by atoms with E-state index in [-0.39, 0.29) is 0 Å². The smallest absolute Gasteiger partial charge is 0.343 e. The van der Waals surface area contributed by atoms with Crippen LogP contribution in [0.3, 0.4) is 0 Å². The van der Waals surface area contributed by atoms with Crippen LogP contribution in [0.4, 0.5) is 0 Å². The zero-order valence-electron chi connectivity index (χ0n) is 34.3. The van der Waals surface area contributed by atoms with E-state index in [0.717, 1.165) is 68.4 Å². The predicted molar refractivity (Wildman–Crippen MR) is 238 cm³/mol. The molecular weight excluding hydrogens is 785 g/mol. The second kappa shape index (κ2) is 19.6. The molecular formula is C52H44O10. The number of carbonyl (C=O) groups is 4. The van der Waals surface area contributed by atoms with Crippen LogP contribution in [0.1, 0.15) is 60.2 Å². The maximum absolute atomic E-state index is 13.4. The molecule has 0 amide bonds. The van der Waals surface area contributed by atoms with E-state index in [4.69, 9.17) is 28.4 Å². The summed E-state index contributed by atoms with van der Waals surface area (Å²) in [6.45, 7) is 10.8. The van der Waals surface area contributed by atoms with Crippen molar-refractivity contribution in [1.82, 2.24) is 0 Å². The third kappa shape index (κ3) is 10.5. The maximum Gasteiger partial charge on any atom is 0.343 e. The quantitative estimate of drug-likeness (QED) is 0.0379. The number of ether oxygens (including phenoxy) is 6. The normalized spacial score (nSPS) is 11.9. The van der Waals surface area contributed by atoms with Crippen LogP contribution >= 0.6 is 0 Å². The van der Waals surface area contributed by atoms with E-state index >= 15 is 0 Å². The average Bonchev–Trinajstić information content (AvgIpc) is 3.28. The summed E-state index contributed by atoms with van der Waals surface area (Å²) in [4.78, 5) is 49.7. The van der Waals surface area contributed by atoms with Gasteiger partial charge in [0, 0.05) is 25.0 Å². The van der Waals surface area contributed by atoms with Crippen LogP contribution in [0.2, 0.25) is 0 Å². The van der Waals surface area contributed by atoms with E-state index < -0.39 is 36.5 Å². The van der Waals surface area contributed by atoms with Gasteiger partial charge in [-0.25, -0.2) is 19.2 Å². The summed E-state index contributed by atoms with van der Waals surface area (Å²) in [7, 11) is 0. The fourth-order valence-corrected chi connectivity index (χ4v) is 6.78. The highest BCUT2D eigenvalue weighted by atomic mass is 16.7. The van der Waals surface area contributed by atoms with Crippen LogP contribution in [-0.2, 0) is 19.1 Å². The van der Waals surface area contributed by atoms with Crippen LogP contribution in [0, 0.1) is 0 Å². The van der Waals surface area contributed by atoms with Crippen LogP contribution in [0.25, 0.3) is 43.4 Å². The van der Waals surface area contributed by atoms with Crippen molar-refractivity contribution in [1.29, 1.82) is 0 Å². The zero-order valence-corrected chi connectivity index (χ0v) is 34.3. The Balaban J connectivity index is 0.965. The van der Waals surface area contributed by atoms with E-state index in [1.807, 2.05) is 74.5 Å². The Morgan fingerprint density at radius 1 is 0.452 bits per heavy atom. The molecule has 2 unspecified atom stereocenters. The number of hydrogen-bond acceptors (Lipinski definition) is 10. The van der Waals surface area contributed by atoms with Crippen molar-refractivity contribution in [2.75, 3.05) is 0 Å². The topological polar surface area (TPSA) is 124 Å². The lowest BCUT2D eigenvalue weighted by Gasteiger charge is -2.20. The standard InChI is InChI=1S/C52H44O10/c1-5-9-49(61-48(54)8-4)58-45-26-21-37-29-42(16-14-40(37)32-45)52(56)62-50(10-6-2)59-46-25-20-35-27-34(11-12-38(35)31-46)33-17-22-43(23-18-33)60-51(55)41-15-13-39-30-44(57-47(53)7-3)24-19-36(39)28-41/h7-8,11-32,49-50H,3-6,9-10H2,1-2H3. The second-order valence-electron chi connectivity index (χ2n) is 14.4. The number of esters is 4. The molecule has 0 fully saturated rings.